The summed E-state index contributed by atoms with van der Waals surface area (Å²) in [5.74, 6) is 0.474. The number of anilines is 1. The lowest BCUT2D eigenvalue weighted by Crippen LogP contribution is -2.43. The third kappa shape index (κ3) is 1.99. The van der Waals surface area contributed by atoms with Gasteiger partial charge in [-0.15, -0.1) is 0 Å². The average Bonchev–Trinajstić information content (AvgIpc) is 2.57. The van der Waals surface area contributed by atoms with E-state index in [0.29, 0.717) is 12.3 Å². The van der Waals surface area contributed by atoms with Gasteiger partial charge in [-0.25, -0.2) is 0 Å². The zero-order valence-corrected chi connectivity index (χ0v) is 11.8. The van der Waals surface area contributed by atoms with Gasteiger partial charge in [-0.1, -0.05) is 18.2 Å². The van der Waals surface area contributed by atoms with Gasteiger partial charge in [0.25, 0.3) is 0 Å². The molecule has 0 aromatic heterocycles. The van der Waals surface area contributed by atoms with Gasteiger partial charge in [0.1, 0.15) is 0 Å². The van der Waals surface area contributed by atoms with Crippen LogP contribution in [0, 0.1) is 31.1 Å². The van der Waals surface area contributed by atoms with E-state index in [0.717, 1.165) is 13.0 Å². The van der Waals surface area contributed by atoms with Gasteiger partial charge in [0, 0.05) is 24.2 Å². The summed E-state index contributed by atoms with van der Waals surface area (Å²) in [6, 6.07) is 8.81. The topological polar surface area (TPSA) is 27.0 Å². The quantitative estimate of drug-likeness (QED) is 0.788. The molecular weight excluding hydrogens is 220 g/mol. The Labute approximate surface area is 110 Å². The van der Waals surface area contributed by atoms with Crippen LogP contribution in [-0.4, -0.2) is 12.1 Å². The number of nitrogens with zero attached hydrogens (tertiary/aromatic N) is 2. The molecule has 2 heteroatoms. The van der Waals surface area contributed by atoms with Crippen molar-refractivity contribution in [3.05, 3.63) is 29.3 Å². The molecule has 1 aliphatic rings. The van der Waals surface area contributed by atoms with Crippen LogP contribution in [0.1, 0.15) is 37.8 Å². The summed E-state index contributed by atoms with van der Waals surface area (Å²) in [6.07, 6.45) is 1.78. The Morgan fingerprint density at radius 1 is 1.33 bits per heavy atom. The summed E-state index contributed by atoms with van der Waals surface area (Å²) in [6.45, 7) is 9.96. The van der Waals surface area contributed by atoms with Gasteiger partial charge in [0.05, 0.1) is 6.07 Å². The molecule has 0 N–H and O–H groups in total. The molecule has 1 heterocycles. The van der Waals surface area contributed by atoms with E-state index in [1.54, 1.807) is 0 Å². The highest BCUT2D eigenvalue weighted by Gasteiger charge is 2.41. The van der Waals surface area contributed by atoms with Crippen LogP contribution < -0.4 is 4.90 Å². The van der Waals surface area contributed by atoms with E-state index in [4.69, 9.17) is 5.26 Å². The fraction of sp³-hybridized carbons (Fsp3) is 0.562. The molecule has 1 fully saturated rings. The molecule has 0 aliphatic carbocycles. The molecule has 2 rings (SSSR count). The largest absolute Gasteiger partial charge is 0.366 e. The second kappa shape index (κ2) is 4.65. The second-order valence-electron chi connectivity index (χ2n) is 5.89. The van der Waals surface area contributed by atoms with Crippen molar-refractivity contribution in [3.63, 3.8) is 0 Å². The summed E-state index contributed by atoms with van der Waals surface area (Å²) in [5, 5.41) is 8.96. The first kappa shape index (κ1) is 13.0. The van der Waals surface area contributed by atoms with Crippen molar-refractivity contribution in [3.8, 4) is 6.07 Å². The monoisotopic (exact) mass is 242 g/mol. The fourth-order valence-electron chi connectivity index (χ4n) is 3.24. The molecule has 1 aromatic carbocycles. The van der Waals surface area contributed by atoms with Crippen LogP contribution in [0.2, 0.25) is 0 Å². The van der Waals surface area contributed by atoms with E-state index < -0.39 is 0 Å². The Kier molecular flexibility index (Phi) is 3.34. The smallest absolute Gasteiger partial charge is 0.0625 e. The zero-order chi connectivity index (χ0) is 13.3. The van der Waals surface area contributed by atoms with Gasteiger partial charge < -0.3 is 4.90 Å². The van der Waals surface area contributed by atoms with Crippen molar-refractivity contribution < 1.29 is 0 Å². The molecule has 1 aromatic rings. The maximum absolute atomic E-state index is 8.96. The standard InChI is InChI=1S/C16H22N2/c1-12-6-5-7-13(2)15(12)18-11-9-14(8-10-17)16(18,3)4/h5-7,14H,8-9,11H2,1-4H3. The summed E-state index contributed by atoms with van der Waals surface area (Å²) in [4.78, 5) is 2.50. The highest BCUT2D eigenvalue weighted by atomic mass is 15.2. The molecule has 0 radical (unpaired) electrons. The first-order valence-corrected chi connectivity index (χ1v) is 6.69. The van der Waals surface area contributed by atoms with Crippen molar-refractivity contribution in [2.45, 2.75) is 46.1 Å². The van der Waals surface area contributed by atoms with Crippen LogP contribution in [0.3, 0.4) is 0 Å². The first-order valence-electron chi connectivity index (χ1n) is 6.69. The number of rotatable bonds is 2. The number of nitriles is 1. The van der Waals surface area contributed by atoms with Crippen molar-refractivity contribution in [1.82, 2.24) is 0 Å². The molecule has 0 saturated carbocycles. The molecule has 1 aliphatic heterocycles. The van der Waals surface area contributed by atoms with Gasteiger partial charge in [0.15, 0.2) is 0 Å². The van der Waals surface area contributed by atoms with Crippen molar-refractivity contribution in [2.75, 3.05) is 11.4 Å². The summed E-state index contributed by atoms with van der Waals surface area (Å²) >= 11 is 0. The van der Waals surface area contributed by atoms with Crippen LogP contribution >= 0.6 is 0 Å². The van der Waals surface area contributed by atoms with E-state index in [9.17, 15) is 0 Å². The third-order valence-electron chi connectivity index (χ3n) is 4.44. The maximum Gasteiger partial charge on any atom is 0.0625 e. The Hall–Kier alpha value is -1.49. The Bertz CT molecular complexity index is 462. The van der Waals surface area contributed by atoms with E-state index >= 15 is 0 Å². The molecule has 0 amide bonds. The van der Waals surface area contributed by atoms with Crippen LogP contribution in [0.5, 0.6) is 0 Å². The molecule has 18 heavy (non-hydrogen) atoms. The minimum absolute atomic E-state index is 0.0760. The van der Waals surface area contributed by atoms with Crippen LogP contribution in [0.4, 0.5) is 5.69 Å². The number of para-hydroxylation sites is 1. The number of hydrogen-bond donors (Lipinski definition) is 0. The predicted molar refractivity (Wildman–Crippen MR) is 75.7 cm³/mol. The van der Waals surface area contributed by atoms with Crippen LogP contribution in [0.15, 0.2) is 18.2 Å². The molecule has 96 valence electrons. The van der Waals surface area contributed by atoms with Gasteiger partial charge >= 0.3 is 0 Å². The van der Waals surface area contributed by atoms with E-state index in [2.05, 4.69) is 56.9 Å². The molecular formula is C16H22N2. The van der Waals surface area contributed by atoms with Gasteiger partial charge in [0.2, 0.25) is 0 Å². The second-order valence-corrected chi connectivity index (χ2v) is 5.89. The Morgan fingerprint density at radius 2 is 1.94 bits per heavy atom. The van der Waals surface area contributed by atoms with E-state index in [-0.39, 0.29) is 5.54 Å². The van der Waals surface area contributed by atoms with Crippen molar-refractivity contribution in [2.24, 2.45) is 5.92 Å². The SMILES string of the molecule is Cc1cccc(C)c1N1CCC(CC#N)C1(C)C. The predicted octanol–water partition coefficient (Wildman–Crippen LogP) is 3.82. The molecule has 0 spiro atoms. The normalized spacial score (nSPS) is 21.9. The van der Waals surface area contributed by atoms with Crippen molar-refractivity contribution in [1.29, 1.82) is 5.26 Å². The Balaban J connectivity index is 2.39. The van der Waals surface area contributed by atoms with E-state index in [1.807, 2.05) is 0 Å². The maximum atomic E-state index is 8.96. The van der Waals surface area contributed by atoms with Gasteiger partial charge in [-0.3, -0.25) is 0 Å². The number of aryl methyl sites for hydroxylation is 2. The van der Waals surface area contributed by atoms with Gasteiger partial charge in [-0.05, 0) is 51.2 Å². The van der Waals surface area contributed by atoms with Crippen LogP contribution in [0.25, 0.3) is 0 Å². The average molecular weight is 242 g/mol. The minimum Gasteiger partial charge on any atom is -0.366 e. The highest BCUT2D eigenvalue weighted by Crippen LogP contribution is 2.42. The lowest BCUT2D eigenvalue weighted by molar-refractivity contribution is 0.371. The minimum atomic E-state index is 0.0760. The van der Waals surface area contributed by atoms with Crippen LogP contribution in [-0.2, 0) is 0 Å². The molecule has 0 bridgehead atoms. The van der Waals surface area contributed by atoms with E-state index in [1.165, 1.54) is 16.8 Å². The summed E-state index contributed by atoms with van der Waals surface area (Å²) in [5.41, 5.74) is 4.11. The lowest BCUT2D eigenvalue weighted by atomic mass is 9.85. The first-order chi connectivity index (χ1) is 8.48. The molecule has 1 saturated heterocycles. The Morgan fingerprint density at radius 3 is 2.50 bits per heavy atom. The van der Waals surface area contributed by atoms with Gasteiger partial charge in [-0.2, -0.15) is 5.26 Å². The number of hydrogen-bond acceptors (Lipinski definition) is 2. The third-order valence-corrected chi connectivity index (χ3v) is 4.44. The number of benzene rings is 1. The van der Waals surface area contributed by atoms with Crippen molar-refractivity contribution >= 4 is 5.69 Å². The molecule has 2 nitrogen and oxygen atoms in total. The molecule has 1 atom stereocenters. The summed E-state index contributed by atoms with van der Waals surface area (Å²) < 4.78 is 0. The molecule has 1 unspecified atom stereocenters. The fourth-order valence-corrected chi connectivity index (χ4v) is 3.24. The highest BCUT2D eigenvalue weighted by molar-refractivity contribution is 5.61. The lowest BCUT2D eigenvalue weighted by Gasteiger charge is -2.39. The zero-order valence-electron chi connectivity index (χ0n) is 11.8. The summed E-state index contributed by atoms with van der Waals surface area (Å²) in [7, 11) is 0.